The standard InChI is InChI=1S/C18H18N4O2S/c1-3-10-22-17(15-5-4-11-24-15)20-21-18(22)25-12-16(23)19-14-8-6-13(2)7-9-14/h3-9,11H,1,10,12H2,2H3,(H,19,23). The Balaban J connectivity index is 1.67. The van der Waals surface area contributed by atoms with Crippen molar-refractivity contribution in [1.82, 2.24) is 14.8 Å². The van der Waals surface area contributed by atoms with Gasteiger partial charge in [-0.1, -0.05) is 35.5 Å². The molecule has 1 N–H and O–H groups in total. The molecule has 0 saturated carbocycles. The van der Waals surface area contributed by atoms with Gasteiger partial charge >= 0.3 is 0 Å². The van der Waals surface area contributed by atoms with Crippen LogP contribution in [0, 0.1) is 6.92 Å². The van der Waals surface area contributed by atoms with Crippen LogP contribution in [0.2, 0.25) is 0 Å². The Morgan fingerprint density at radius 3 is 2.80 bits per heavy atom. The van der Waals surface area contributed by atoms with Crippen LogP contribution in [0.5, 0.6) is 0 Å². The van der Waals surface area contributed by atoms with Gasteiger partial charge in [0.2, 0.25) is 11.7 Å². The van der Waals surface area contributed by atoms with Crippen molar-refractivity contribution in [2.45, 2.75) is 18.6 Å². The minimum Gasteiger partial charge on any atom is -0.461 e. The molecule has 0 radical (unpaired) electrons. The largest absolute Gasteiger partial charge is 0.461 e. The number of carbonyl (C=O) groups is 1. The minimum absolute atomic E-state index is 0.0958. The van der Waals surface area contributed by atoms with Gasteiger partial charge in [0.15, 0.2) is 10.9 Å². The van der Waals surface area contributed by atoms with Crippen LogP contribution in [0.25, 0.3) is 11.6 Å². The summed E-state index contributed by atoms with van der Waals surface area (Å²) in [5.41, 5.74) is 1.93. The number of furan rings is 1. The van der Waals surface area contributed by atoms with E-state index >= 15 is 0 Å². The maximum atomic E-state index is 12.1. The van der Waals surface area contributed by atoms with Crippen LogP contribution < -0.4 is 5.32 Å². The molecule has 0 aliphatic carbocycles. The Bertz CT molecular complexity index is 854. The third-order valence-corrected chi connectivity index (χ3v) is 4.40. The molecule has 0 saturated heterocycles. The fourth-order valence-electron chi connectivity index (χ4n) is 2.24. The van der Waals surface area contributed by atoms with Gasteiger partial charge in [0.25, 0.3) is 0 Å². The fourth-order valence-corrected chi connectivity index (χ4v) is 2.99. The number of thioether (sulfide) groups is 1. The van der Waals surface area contributed by atoms with Crippen molar-refractivity contribution in [1.29, 1.82) is 0 Å². The zero-order chi connectivity index (χ0) is 17.6. The molecular weight excluding hydrogens is 336 g/mol. The van der Waals surface area contributed by atoms with Crippen LogP contribution >= 0.6 is 11.8 Å². The van der Waals surface area contributed by atoms with Crippen LogP contribution in [0.4, 0.5) is 5.69 Å². The maximum Gasteiger partial charge on any atom is 0.234 e. The first kappa shape index (κ1) is 17.0. The molecule has 0 aliphatic heterocycles. The molecule has 3 aromatic rings. The summed E-state index contributed by atoms with van der Waals surface area (Å²) in [6.07, 6.45) is 3.34. The number of hydrogen-bond acceptors (Lipinski definition) is 5. The van der Waals surface area contributed by atoms with Gasteiger partial charge in [-0.2, -0.15) is 0 Å². The molecule has 1 aromatic carbocycles. The van der Waals surface area contributed by atoms with Gasteiger partial charge in [0.1, 0.15) is 0 Å². The van der Waals surface area contributed by atoms with Crippen molar-refractivity contribution in [3.8, 4) is 11.6 Å². The molecule has 0 unspecified atom stereocenters. The summed E-state index contributed by atoms with van der Waals surface area (Å²) in [5, 5.41) is 11.9. The van der Waals surface area contributed by atoms with E-state index in [-0.39, 0.29) is 11.7 Å². The summed E-state index contributed by atoms with van der Waals surface area (Å²) in [4.78, 5) is 12.1. The Kier molecular flexibility index (Phi) is 5.35. The van der Waals surface area contributed by atoms with E-state index in [1.165, 1.54) is 11.8 Å². The number of hydrogen-bond donors (Lipinski definition) is 1. The third-order valence-electron chi connectivity index (χ3n) is 3.44. The van der Waals surface area contributed by atoms with Crippen molar-refractivity contribution in [2.24, 2.45) is 0 Å². The van der Waals surface area contributed by atoms with E-state index in [9.17, 15) is 4.79 Å². The zero-order valence-electron chi connectivity index (χ0n) is 13.8. The Morgan fingerprint density at radius 1 is 1.32 bits per heavy atom. The van der Waals surface area contributed by atoms with Crippen LogP contribution in [-0.2, 0) is 11.3 Å². The molecule has 0 bridgehead atoms. The zero-order valence-corrected chi connectivity index (χ0v) is 14.6. The predicted octanol–water partition coefficient (Wildman–Crippen LogP) is 3.76. The van der Waals surface area contributed by atoms with Gasteiger partial charge < -0.3 is 9.73 Å². The number of benzene rings is 1. The molecular formula is C18H18N4O2S. The van der Waals surface area contributed by atoms with Crippen LogP contribution in [0.1, 0.15) is 5.56 Å². The number of aromatic nitrogens is 3. The van der Waals surface area contributed by atoms with E-state index in [0.717, 1.165) is 11.3 Å². The van der Waals surface area contributed by atoms with Gasteiger partial charge in [-0.05, 0) is 31.2 Å². The highest BCUT2D eigenvalue weighted by Gasteiger charge is 2.16. The van der Waals surface area contributed by atoms with E-state index < -0.39 is 0 Å². The first-order valence-electron chi connectivity index (χ1n) is 7.74. The van der Waals surface area contributed by atoms with Gasteiger partial charge in [0.05, 0.1) is 12.0 Å². The highest BCUT2D eigenvalue weighted by Crippen LogP contribution is 2.24. The summed E-state index contributed by atoms with van der Waals surface area (Å²) in [7, 11) is 0. The lowest BCUT2D eigenvalue weighted by Gasteiger charge is -2.07. The van der Waals surface area contributed by atoms with E-state index in [0.29, 0.717) is 23.3 Å². The van der Waals surface area contributed by atoms with Crippen molar-refractivity contribution in [3.63, 3.8) is 0 Å². The SMILES string of the molecule is C=CCn1c(SCC(=O)Nc2ccc(C)cc2)nnc1-c1ccco1. The monoisotopic (exact) mass is 354 g/mol. The molecule has 2 heterocycles. The molecule has 6 nitrogen and oxygen atoms in total. The maximum absolute atomic E-state index is 12.1. The van der Waals surface area contributed by atoms with Crippen molar-refractivity contribution in [2.75, 3.05) is 11.1 Å². The normalized spacial score (nSPS) is 10.6. The van der Waals surface area contributed by atoms with Crippen molar-refractivity contribution >= 4 is 23.4 Å². The lowest BCUT2D eigenvalue weighted by Crippen LogP contribution is -2.14. The lowest BCUT2D eigenvalue weighted by atomic mass is 10.2. The number of nitrogens with zero attached hydrogens (tertiary/aromatic N) is 3. The minimum atomic E-state index is -0.0958. The number of aryl methyl sites for hydroxylation is 1. The average molecular weight is 354 g/mol. The van der Waals surface area contributed by atoms with Gasteiger partial charge in [-0.25, -0.2) is 0 Å². The summed E-state index contributed by atoms with van der Waals surface area (Å²) in [6, 6.07) is 11.3. The topological polar surface area (TPSA) is 73.0 Å². The predicted molar refractivity (Wildman–Crippen MR) is 98.5 cm³/mol. The Labute approximate surface area is 150 Å². The molecule has 0 aliphatic rings. The molecule has 25 heavy (non-hydrogen) atoms. The molecule has 0 fully saturated rings. The van der Waals surface area contributed by atoms with Gasteiger partial charge in [-0.15, -0.1) is 16.8 Å². The number of anilines is 1. The number of nitrogens with one attached hydrogen (secondary N) is 1. The molecule has 7 heteroatoms. The Hall–Kier alpha value is -2.80. The van der Waals surface area contributed by atoms with Crippen LogP contribution in [-0.4, -0.2) is 26.4 Å². The second kappa shape index (κ2) is 7.85. The van der Waals surface area contributed by atoms with Crippen LogP contribution in [0.15, 0.2) is 64.9 Å². The molecule has 1 amide bonds. The number of carbonyl (C=O) groups excluding carboxylic acids is 1. The van der Waals surface area contributed by atoms with E-state index in [2.05, 4.69) is 22.1 Å². The summed E-state index contributed by atoms with van der Waals surface area (Å²) < 4.78 is 7.26. The second-order valence-electron chi connectivity index (χ2n) is 5.39. The van der Waals surface area contributed by atoms with Crippen molar-refractivity contribution in [3.05, 3.63) is 60.9 Å². The summed E-state index contributed by atoms with van der Waals surface area (Å²) in [6.45, 7) is 6.30. The smallest absolute Gasteiger partial charge is 0.234 e. The molecule has 3 rings (SSSR count). The molecule has 2 aromatic heterocycles. The Morgan fingerprint density at radius 2 is 2.12 bits per heavy atom. The highest BCUT2D eigenvalue weighted by molar-refractivity contribution is 7.99. The average Bonchev–Trinajstić information content (AvgIpc) is 3.25. The lowest BCUT2D eigenvalue weighted by molar-refractivity contribution is -0.113. The first-order chi connectivity index (χ1) is 12.2. The van der Waals surface area contributed by atoms with Gasteiger partial charge in [0, 0.05) is 12.2 Å². The number of allylic oxidation sites excluding steroid dienone is 1. The quantitative estimate of drug-likeness (QED) is 0.516. The molecule has 128 valence electrons. The van der Waals surface area contributed by atoms with Crippen molar-refractivity contribution < 1.29 is 9.21 Å². The van der Waals surface area contributed by atoms with E-state index in [1.54, 1.807) is 18.4 Å². The third kappa shape index (κ3) is 4.19. The first-order valence-corrected chi connectivity index (χ1v) is 8.73. The van der Waals surface area contributed by atoms with E-state index in [1.807, 2.05) is 41.8 Å². The summed E-state index contributed by atoms with van der Waals surface area (Å²) >= 11 is 1.32. The number of amides is 1. The summed E-state index contributed by atoms with van der Waals surface area (Å²) in [5.74, 6) is 1.39. The fraction of sp³-hybridized carbons (Fsp3) is 0.167. The number of rotatable bonds is 7. The second-order valence-corrected chi connectivity index (χ2v) is 6.33. The molecule has 0 atom stereocenters. The molecule has 0 spiro atoms. The highest BCUT2D eigenvalue weighted by atomic mass is 32.2. The van der Waals surface area contributed by atoms with E-state index in [4.69, 9.17) is 4.42 Å². The van der Waals surface area contributed by atoms with Crippen LogP contribution in [0.3, 0.4) is 0 Å². The van der Waals surface area contributed by atoms with Gasteiger partial charge in [-0.3, -0.25) is 9.36 Å².